The van der Waals surface area contributed by atoms with Gasteiger partial charge in [-0.25, -0.2) is 19.8 Å². The normalized spacial score (nSPS) is 11.2. The van der Waals surface area contributed by atoms with Gasteiger partial charge in [-0.3, -0.25) is 25.4 Å². The standard InChI is InChI=1S/C23H32N6O4/c1-17(2)14-29(21(31)19-13-24-11-12-25-19)26-20(30)16-28(15-18-9-7-6-8-10-18)27-22(32)33-23(3,4)5/h6-13,17H,14-16H2,1-5H3,(H,26,30)(H,27,32). The quantitative estimate of drug-likeness (QED) is 0.586. The first-order chi connectivity index (χ1) is 15.5. The number of amides is 3. The molecule has 178 valence electrons. The van der Waals surface area contributed by atoms with Gasteiger partial charge in [0.05, 0.1) is 12.7 Å². The van der Waals surface area contributed by atoms with E-state index in [0.29, 0.717) is 0 Å². The number of rotatable bonds is 8. The molecule has 0 aliphatic rings. The number of benzene rings is 1. The number of hydrogen-bond donors (Lipinski definition) is 2. The summed E-state index contributed by atoms with van der Waals surface area (Å²) in [4.78, 5) is 45.9. The van der Waals surface area contributed by atoms with E-state index in [-0.39, 0.29) is 31.2 Å². The Balaban J connectivity index is 2.12. The Labute approximate surface area is 194 Å². The number of nitrogens with one attached hydrogen (secondary N) is 2. The van der Waals surface area contributed by atoms with Gasteiger partial charge < -0.3 is 4.74 Å². The van der Waals surface area contributed by atoms with Crippen molar-refractivity contribution in [3.8, 4) is 0 Å². The highest BCUT2D eigenvalue weighted by Crippen LogP contribution is 2.08. The third-order valence-electron chi connectivity index (χ3n) is 4.03. The molecule has 2 aromatic rings. The second-order valence-corrected chi connectivity index (χ2v) is 8.89. The molecule has 33 heavy (non-hydrogen) atoms. The molecule has 0 saturated heterocycles. The lowest BCUT2D eigenvalue weighted by molar-refractivity contribution is -0.127. The maximum absolute atomic E-state index is 12.9. The largest absolute Gasteiger partial charge is 0.443 e. The van der Waals surface area contributed by atoms with E-state index in [1.54, 1.807) is 20.8 Å². The van der Waals surface area contributed by atoms with Gasteiger partial charge in [-0.05, 0) is 32.3 Å². The number of nitrogens with zero attached hydrogens (tertiary/aromatic N) is 4. The molecule has 0 saturated carbocycles. The predicted molar refractivity (Wildman–Crippen MR) is 122 cm³/mol. The van der Waals surface area contributed by atoms with E-state index in [0.717, 1.165) is 5.56 Å². The van der Waals surface area contributed by atoms with Crippen molar-refractivity contribution in [3.63, 3.8) is 0 Å². The number of carbonyl (C=O) groups is 3. The lowest BCUT2D eigenvalue weighted by Gasteiger charge is -2.28. The Hall–Kier alpha value is -3.53. The Morgan fingerprint density at radius 2 is 1.76 bits per heavy atom. The van der Waals surface area contributed by atoms with Crippen LogP contribution in [0.15, 0.2) is 48.9 Å². The van der Waals surface area contributed by atoms with Gasteiger partial charge in [0.15, 0.2) is 0 Å². The second-order valence-electron chi connectivity index (χ2n) is 8.89. The van der Waals surface area contributed by atoms with E-state index in [1.807, 2.05) is 44.2 Å². The first kappa shape index (κ1) is 25.7. The number of ether oxygens (including phenoxy) is 1. The summed E-state index contributed by atoms with van der Waals surface area (Å²) in [7, 11) is 0. The summed E-state index contributed by atoms with van der Waals surface area (Å²) < 4.78 is 5.31. The Kier molecular flexibility index (Phi) is 9.29. The van der Waals surface area contributed by atoms with Gasteiger partial charge in [-0.2, -0.15) is 0 Å². The molecule has 0 bridgehead atoms. The second kappa shape index (κ2) is 11.9. The van der Waals surface area contributed by atoms with Gasteiger partial charge in [0.25, 0.3) is 11.8 Å². The maximum atomic E-state index is 12.9. The van der Waals surface area contributed by atoms with Gasteiger partial charge in [0.2, 0.25) is 0 Å². The zero-order valence-electron chi connectivity index (χ0n) is 19.7. The highest BCUT2D eigenvalue weighted by Gasteiger charge is 2.24. The molecule has 3 amide bonds. The van der Waals surface area contributed by atoms with Crippen LogP contribution in [0.3, 0.4) is 0 Å². The van der Waals surface area contributed by atoms with Crippen molar-refractivity contribution in [3.05, 3.63) is 60.2 Å². The monoisotopic (exact) mass is 456 g/mol. The minimum atomic E-state index is -0.692. The van der Waals surface area contributed by atoms with Crippen LogP contribution in [-0.2, 0) is 16.1 Å². The number of hydrazine groups is 2. The third kappa shape index (κ3) is 9.65. The van der Waals surface area contributed by atoms with Gasteiger partial charge in [-0.1, -0.05) is 44.2 Å². The fourth-order valence-electron chi connectivity index (χ4n) is 2.82. The minimum Gasteiger partial charge on any atom is -0.443 e. The van der Waals surface area contributed by atoms with Crippen molar-refractivity contribution >= 4 is 17.9 Å². The Morgan fingerprint density at radius 1 is 1.06 bits per heavy atom. The van der Waals surface area contributed by atoms with Crippen LogP contribution >= 0.6 is 0 Å². The molecule has 1 aromatic carbocycles. The summed E-state index contributed by atoms with van der Waals surface area (Å²) in [5, 5.41) is 2.64. The number of aromatic nitrogens is 2. The van der Waals surface area contributed by atoms with Crippen molar-refractivity contribution in [2.75, 3.05) is 13.1 Å². The molecule has 0 spiro atoms. The minimum absolute atomic E-state index is 0.0891. The van der Waals surface area contributed by atoms with Crippen LogP contribution in [0.4, 0.5) is 4.79 Å². The molecule has 0 atom stereocenters. The fourth-order valence-corrected chi connectivity index (χ4v) is 2.82. The van der Waals surface area contributed by atoms with Gasteiger partial charge in [0, 0.05) is 25.5 Å². The average Bonchev–Trinajstić information content (AvgIpc) is 2.72. The number of hydrogen-bond acceptors (Lipinski definition) is 7. The van der Waals surface area contributed by atoms with E-state index in [4.69, 9.17) is 4.74 Å². The van der Waals surface area contributed by atoms with Crippen LogP contribution in [-0.4, -0.2) is 56.6 Å². The highest BCUT2D eigenvalue weighted by atomic mass is 16.6. The van der Waals surface area contributed by atoms with E-state index >= 15 is 0 Å². The summed E-state index contributed by atoms with van der Waals surface area (Å²) >= 11 is 0. The smallest absolute Gasteiger partial charge is 0.422 e. The van der Waals surface area contributed by atoms with E-state index in [9.17, 15) is 14.4 Å². The lowest BCUT2D eigenvalue weighted by Crippen LogP contribution is -2.53. The summed E-state index contributed by atoms with van der Waals surface area (Å²) in [6.45, 7) is 9.43. The molecular weight excluding hydrogens is 424 g/mol. The molecule has 1 aromatic heterocycles. The predicted octanol–water partition coefficient (Wildman–Crippen LogP) is 2.55. The fraction of sp³-hybridized carbons (Fsp3) is 0.435. The molecule has 0 aliphatic heterocycles. The molecule has 10 heteroatoms. The first-order valence-electron chi connectivity index (χ1n) is 10.7. The van der Waals surface area contributed by atoms with Gasteiger partial charge in [0.1, 0.15) is 11.3 Å². The topological polar surface area (TPSA) is 117 Å². The van der Waals surface area contributed by atoms with E-state index in [2.05, 4.69) is 20.8 Å². The maximum Gasteiger partial charge on any atom is 0.422 e. The molecule has 0 unspecified atom stereocenters. The third-order valence-corrected chi connectivity index (χ3v) is 4.03. The van der Waals surface area contributed by atoms with Gasteiger partial charge >= 0.3 is 6.09 Å². The molecule has 0 radical (unpaired) electrons. The zero-order valence-corrected chi connectivity index (χ0v) is 19.7. The van der Waals surface area contributed by atoms with Crippen molar-refractivity contribution in [2.45, 2.75) is 46.8 Å². The molecule has 2 rings (SSSR count). The van der Waals surface area contributed by atoms with Gasteiger partial charge in [-0.15, -0.1) is 0 Å². The zero-order chi connectivity index (χ0) is 24.4. The van der Waals surface area contributed by atoms with Crippen LogP contribution < -0.4 is 10.9 Å². The van der Waals surface area contributed by atoms with Crippen LogP contribution in [0.1, 0.15) is 50.7 Å². The molecule has 0 aliphatic carbocycles. The highest BCUT2D eigenvalue weighted by molar-refractivity contribution is 5.93. The Morgan fingerprint density at radius 3 is 2.33 bits per heavy atom. The SMILES string of the molecule is CC(C)CN(NC(=O)CN(Cc1ccccc1)NC(=O)OC(C)(C)C)C(=O)c1cnccn1. The lowest BCUT2D eigenvalue weighted by atomic mass is 10.2. The van der Waals surface area contributed by atoms with Crippen LogP contribution in [0.25, 0.3) is 0 Å². The van der Waals surface area contributed by atoms with Crippen molar-refractivity contribution in [2.24, 2.45) is 5.92 Å². The van der Waals surface area contributed by atoms with Crippen molar-refractivity contribution in [1.29, 1.82) is 0 Å². The van der Waals surface area contributed by atoms with E-state index < -0.39 is 23.5 Å². The van der Waals surface area contributed by atoms with E-state index in [1.165, 1.54) is 28.6 Å². The van der Waals surface area contributed by atoms with Crippen molar-refractivity contribution in [1.82, 2.24) is 30.8 Å². The summed E-state index contributed by atoms with van der Waals surface area (Å²) in [5.41, 5.74) is 5.55. The summed E-state index contributed by atoms with van der Waals surface area (Å²) in [6.07, 6.45) is 3.54. The molecule has 10 nitrogen and oxygen atoms in total. The molecule has 2 N–H and O–H groups in total. The molecule has 1 heterocycles. The Bertz CT molecular complexity index is 916. The number of carbonyl (C=O) groups excluding carboxylic acids is 3. The molecular formula is C23H32N6O4. The van der Waals surface area contributed by atoms with Crippen LogP contribution in [0.2, 0.25) is 0 Å². The van der Waals surface area contributed by atoms with Crippen molar-refractivity contribution < 1.29 is 19.1 Å². The van der Waals surface area contributed by atoms with Crippen LogP contribution in [0, 0.1) is 5.92 Å². The average molecular weight is 457 g/mol. The molecule has 0 fully saturated rings. The summed E-state index contributed by atoms with van der Waals surface area (Å²) in [5.74, 6) is -0.869. The summed E-state index contributed by atoms with van der Waals surface area (Å²) in [6, 6.07) is 9.37. The van der Waals surface area contributed by atoms with Crippen LogP contribution in [0.5, 0.6) is 0 Å². The first-order valence-corrected chi connectivity index (χ1v) is 10.7.